The van der Waals surface area contributed by atoms with Gasteiger partial charge in [-0.15, -0.1) is 11.1 Å². The zero-order chi connectivity index (χ0) is 35.3. The van der Waals surface area contributed by atoms with Crippen molar-refractivity contribution in [3.8, 4) is 22.9 Å². The van der Waals surface area contributed by atoms with E-state index in [1.165, 1.54) is 61.4 Å². The van der Waals surface area contributed by atoms with Crippen molar-refractivity contribution < 1.29 is 0 Å². The van der Waals surface area contributed by atoms with Gasteiger partial charge >= 0.3 is 0 Å². The summed E-state index contributed by atoms with van der Waals surface area (Å²) in [6, 6.07) is 23.1. The molecular weight excluding hydrogens is 838 g/mol. The average molecular weight is 891 g/mol. The van der Waals surface area contributed by atoms with Crippen molar-refractivity contribution in [3.05, 3.63) is 78.9 Å². The predicted octanol–water partition coefficient (Wildman–Crippen LogP) is 14.6. The third-order valence-electron chi connectivity index (χ3n) is 11.5. The highest BCUT2D eigenvalue weighted by atomic mass is 127. The van der Waals surface area contributed by atoms with Crippen molar-refractivity contribution in [3.63, 3.8) is 0 Å². The molecule has 0 heterocycles. The molecule has 0 aliphatic heterocycles. The highest BCUT2D eigenvalue weighted by Gasteiger charge is 2.43. The van der Waals surface area contributed by atoms with Crippen LogP contribution in [0.3, 0.4) is 0 Å². The minimum Gasteiger partial charge on any atom is -0.125 e. The van der Waals surface area contributed by atoms with Gasteiger partial charge in [0.1, 0.15) is 16.1 Å². The summed E-state index contributed by atoms with van der Waals surface area (Å²) in [6.45, 7) is 28.9. The summed E-state index contributed by atoms with van der Waals surface area (Å²) in [5.74, 6) is 7.99. The fourth-order valence-corrected chi connectivity index (χ4v) is 20.5. The van der Waals surface area contributed by atoms with Crippen molar-refractivity contribution in [2.45, 2.75) is 116 Å². The molecule has 5 aromatic rings. The van der Waals surface area contributed by atoms with Gasteiger partial charge in [-0.2, -0.15) is 0 Å². The second-order valence-corrected chi connectivity index (χ2v) is 29.3. The molecule has 0 saturated heterocycles. The van der Waals surface area contributed by atoms with Crippen molar-refractivity contribution in [1.29, 1.82) is 0 Å². The number of rotatable bonds is 6. The lowest BCUT2D eigenvalue weighted by Gasteiger charge is -2.38. The van der Waals surface area contributed by atoms with E-state index < -0.39 is 16.1 Å². The van der Waals surface area contributed by atoms with Gasteiger partial charge in [0.25, 0.3) is 0 Å². The Morgan fingerprint density at radius 1 is 0.417 bits per heavy atom. The van der Waals surface area contributed by atoms with E-state index >= 15 is 0 Å². The normalized spacial score (nSPS) is 12.8. The number of fused-ring (bicyclic) bond motifs is 4. The topological polar surface area (TPSA) is 0 Å². The highest BCUT2D eigenvalue weighted by molar-refractivity contribution is 14.1. The standard InChI is InChI=1S/C44H52I2Si2/c1-27(2)47(28(3)4,29(5)6)19-17-37-39-21-33-15-13-14-16-34(33)22-40(39)38(18-20-48(30(7)8,31(9)10)32(11)12)42-24-36-26-44(46)43(45)25-35(36)23-41(37)42/h13-16,21-32H,1-12H3. The van der Waals surface area contributed by atoms with Crippen LogP contribution in [-0.2, 0) is 0 Å². The second-order valence-electron chi connectivity index (χ2n) is 15.8. The molecule has 0 saturated carbocycles. The maximum Gasteiger partial charge on any atom is 0.146 e. The van der Waals surface area contributed by atoms with E-state index in [0.29, 0.717) is 33.2 Å². The van der Waals surface area contributed by atoms with Crippen LogP contribution in [0.5, 0.6) is 0 Å². The molecular formula is C44H52I2Si2. The molecule has 0 aliphatic carbocycles. The Bertz CT molecular complexity index is 1950. The summed E-state index contributed by atoms with van der Waals surface area (Å²) in [4.78, 5) is 0. The van der Waals surface area contributed by atoms with Gasteiger partial charge in [0.2, 0.25) is 0 Å². The van der Waals surface area contributed by atoms with Crippen LogP contribution in [0.2, 0.25) is 33.2 Å². The van der Waals surface area contributed by atoms with Crippen LogP contribution >= 0.6 is 45.2 Å². The molecule has 0 fully saturated rings. The predicted molar refractivity (Wildman–Crippen MR) is 238 cm³/mol. The molecule has 0 amide bonds. The third-order valence-corrected chi connectivity index (χ3v) is 26.9. The fraction of sp³-hybridized carbons (Fsp3) is 0.409. The van der Waals surface area contributed by atoms with Crippen molar-refractivity contribution in [2.24, 2.45) is 0 Å². The van der Waals surface area contributed by atoms with E-state index in [0.717, 1.165) is 0 Å². The van der Waals surface area contributed by atoms with Crippen LogP contribution in [0, 0.1) is 30.1 Å². The SMILES string of the molecule is CC(C)[Si](C#Cc1c2cc3ccccc3cc2c(C#C[Si](C(C)C)(C(C)C)C(C)C)c2cc3cc(I)c(I)cc3cc12)(C(C)C)C(C)C. The van der Waals surface area contributed by atoms with Gasteiger partial charge in [0, 0.05) is 18.3 Å². The molecule has 0 unspecified atom stereocenters. The first-order valence-corrected chi connectivity index (χ1v) is 24.5. The largest absolute Gasteiger partial charge is 0.146 e. The summed E-state index contributed by atoms with van der Waals surface area (Å²) in [6.07, 6.45) is 0. The van der Waals surface area contributed by atoms with Crippen molar-refractivity contribution in [1.82, 2.24) is 0 Å². The molecule has 0 atom stereocenters. The third kappa shape index (κ3) is 6.42. The number of hydrogen-bond donors (Lipinski definition) is 0. The smallest absolute Gasteiger partial charge is 0.125 e. The first-order valence-electron chi connectivity index (χ1n) is 17.8. The van der Waals surface area contributed by atoms with Crippen LogP contribution in [0.4, 0.5) is 0 Å². The molecule has 5 aromatic carbocycles. The lowest BCUT2D eigenvalue weighted by atomic mass is 9.89. The molecule has 0 bridgehead atoms. The summed E-state index contributed by atoms with van der Waals surface area (Å²) >= 11 is 4.95. The van der Waals surface area contributed by atoms with E-state index in [4.69, 9.17) is 0 Å². The molecule has 250 valence electrons. The Labute approximate surface area is 319 Å². The molecule has 0 aromatic heterocycles. The monoisotopic (exact) mass is 890 g/mol. The van der Waals surface area contributed by atoms with Crippen LogP contribution < -0.4 is 0 Å². The Hall–Kier alpha value is -1.85. The maximum atomic E-state index is 4.13. The second kappa shape index (κ2) is 14.4. The van der Waals surface area contributed by atoms with Crippen molar-refractivity contribution >= 4 is 104 Å². The van der Waals surface area contributed by atoms with E-state index in [2.05, 4.69) is 212 Å². The van der Waals surface area contributed by atoms with E-state index in [1.54, 1.807) is 0 Å². The van der Waals surface area contributed by atoms with Crippen LogP contribution in [0.15, 0.2) is 60.7 Å². The van der Waals surface area contributed by atoms with Gasteiger partial charge in [0.05, 0.1) is 0 Å². The first-order chi connectivity index (χ1) is 22.6. The molecule has 0 aliphatic rings. The summed E-state index contributed by atoms with van der Waals surface area (Å²) in [7, 11) is -3.97. The van der Waals surface area contributed by atoms with Gasteiger partial charge in [0.15, 0.2) is 0 Å². The number of halogens is 2. The fourth-order valence-electron chi connectivity index (χ4n) is 9.13. The zero-order valence-corrected chi connectivity index (χ0v) is 37.3. The van der Waals surface area contributed by atoms with Gasteiger partial charge in [-0.3, -0.25) is 0 Å². The first kappa shape index (κ1) is 37.4. The van der Waals surface area contributed by atoms with E-state index in [1.807, 2.05) is 0 Å². The summed E-state index contributed by atoms with van der Waals surface area (Å²) in [5, 5.41) is 10.0. The van der Waals surface area contributed by atoms with E-state index in [9.17, 15) is 0 Å². The van der Waals surface area contributed by atoms with Crippen LogP contribution in [-0.4, -0.2) is 16.1 Å². The Balaban J connectivity index is 2.06. The van der Waals surface area contributed by atoms with E-state index in [-0.39, 0.29) is 0 Å². The molecule has 5 rings (SSSR count). The number of benzene rings is 5. The summed E-state index contributed by atoms with van der Waals surface area (Å²) < 4.78 is 2.57. The lowest BCUT2D eigenvalue weighted by Crippen LogP contribution is -2.43. The molecule has 48 heavy (non-hydrogen) atoms. The van der Waals surface area contributed by atoms with Crippen molar-refractivity contribution in [2.75, 3.05) is 0 Å². The Morgan fingerprint density at radius 3 is 0.958 bits per heavy atom. The molecule has 4 heteroatoms. The summed E-state index contributed by atoms with van der Waals surface area (Å²) in [5.41, 5.74) is 14.0. The Morgan fingerprint density at radius 2 is 0.688 bits per heavy atom. The van der Waals surface area contributed by atoms with Gasteiger partial charge < -0.3 is 0 Å². The van der Waals surface area contributed by atoms with Gasteiger partial charge in [-0.25, -0.2) is 0 Å². The average Bonchev–Trinajstić information content (AvgIpc) is 3.00. The quantitative estimate of drug-likeness (QED) is 0.0690. The van der Waals surface area contributed by atoms with Crippen LogP contribution in [0.25, 0.3) is 43.1 Å². The Kier molecular flexibility index (Phi) is 11.2. The molecule has 0 spiro atoms. The van der Waals surface area contributed by atoms with Gasteiger partial charge in [-0.05, 0) is 158 Å². The molecule has 0 nitrogen and oxygen atoms in total. The number of hydrogen-bond acceptors (Lipinski definition) is 0. The lowest BCUT2D eigenvalue weighted by molar-refractivity contribution is 0.838. The molecule has 0 radical (unpaired) electrons. The minimum absolute atomic E-state index is 0.569. The highest BCUT2D eigenvalue weighted by Crippen LogP contribution is 2.44. The van der Waals surface area contributed by atoms with Gasteiger partial charge in [-0.1, -0.05) is 119 Å². The van der Waals surface area contributed by atoms with Crippen LogP contribution in [0.1, 0.15) is 94.2 Å². The minimum atomic E-state index is -1.99. The zero-order valence-electron chi connectivity index (χ0n) is 31.0. The molecule has 0 N–H and O–H groups in total. The maximum absolute atomic E-state index is 4.13.